The zero-order chi connectivity index (χ0) is 17.1. The van der Waals surface area contributed by atoms with Gasteiger partial charge in [0.25, 0.3) is 5.91 Å². The van der Waals surface area contributed by atoms with Gasteiger partial charge in [-0.15, -0.1) is 0 Å². The molecule has 1 atom stereocenters. The molecule has 25 heavy (non-hydrogen) atoms. The third-order valence-electron chi connectivity index (χ3n) is 4.31. The molecular weight excluding hydrogens is 336 g/mol. The highest BCUT2D eigenvalue weighted by Gasteiger charge is 2.21. The highest BCUT2D eigenvalue weighted by atomic mass is 32.2. The highest BCUT2D eigenvalue weighted by Crippen LogP contribution is 2.22. The summed E-state index contributed by atoms with van der Waals surface area (Å²) in [6.45, 7) is 0. The molecule has 2 aromatic heterocycles. The summed E-state index contributed by atoms with van der Waals surface area (Å²) < 4.78 is 5.66. The number of furan rings is 1. The lowest BCUT2D eigenvalue weighted by molar-refractivity contribution is 0.0904. The van der Waals surface area contributed by atoms with Crippen LogP contribution < -0.4 is 5.32 Å². The molecule has 1 aliphatic carbocycles. The Morgan fingerprint density at radius 2 is 2.16 bits per heavy atom. The van der Waals surface area contributed by atoms with E-state index in [4.69, 9.17) is 4.42 Å². The molecule has 0 saturated heterocycles. The summed E-state index contributed by atoms with van der Waals surface area (Å²) in [6, 6.07) is 12.1. The lowest BCUT2D eigenvalue weighted by atomic mass is 9.88. The van der Waals surface area contributed by atoms with Gasteiger partial charge in [-0.25, -0.2) is 4.98 Å². The number of carbonyl (C=O) groups excluding carboxylic acids is 1. The number of fused-ring (bicyclic) bond motifs is 1. The summed E-state index contributed by atoms with van der Waals surface area (Å²) in [6.07, 6.45) is 4.29. The van der Waals surface area contributed by atoms with E-state index < -0.39 is 0 Å². The number of benzene rings is 1. The van der Waals surface area contributed by atoms with Crippen LogP contribution in [-0.4, -0.2) is 27.1 Å². The fourth-order valence-electron chi connectivity index (χ4n) is 3.06. The number of aromatic amines is 1. The molecule has 0 aliphatic heterocycles. The second-order valence-corrected chi connectivity index (χ2v) is 6.99. The third kappa shape index (κ3) is 3.76. The van der Waals surface area contributed by atoms with Gasteiger partial charge in [-0.1, -0.05) is 36.0 Å². The third-order valence-corrected chi connectivity index (χ3v) is 5.21. The smallest absolute Gasteiger partial charge is 0.287 e. The van der Waals surface area contributed by atoms with Gasteiger partial charge in [0, 0.05) is 6.04 Å². The van der Waals surface area contributed by atoms with Crippen molar-refractivity contribution in [3.63, 3.8) is 0 Å². The first-order valence-corrected chi connectivity index (χ1v) is 9.21. The molecule has 6 nitrogen and oxygen atoms in total. The minimum Gasteiger partial charge on any atom is -0.455 e. The minimum absolute atomic E-state index is 0.152. The van der Waals surface area contributed by atoms with Crippen molar-refractivity contribution in [3.8, 4) is 0 Å². The first kappa shape index (κ1) is 16.0. The van der Waals surface area contributed by atoms with Crippen LogP contribution in [0.5, 0.6) is 0 Å². The first-order chi connectivity index (χ1) is 12.3. The lowest BCUT2D eigenvalue weighted by Gasteiger charge is -2.25. The van der Waals surface area contributed by atoms with Crippen LogP contribution in [0, 0.1) is 0 Å². The zero-order valence-electron chi connectivity index (χ0n) is 13.6. The van der Waals surface area contributed by atoms with Crippen molar-refractivity contribution in [2.45, 2.75) is 36.2 Å². The summed E-state index contributed by atoms with van der Waals surface area (Å²) in [5.74, 6) is 1.53. The van der Waals surface area contributed by atoms with Gasteiger partial charge in [-0.05, 0) is 42.5 Å². The zero-order valence-corrected chi connectivity index (χ0v) is 14.4. The van der Waals surface area contributed by atoms with Gasteiger partial charge in [0.2, 0.25) is 0 Å². The van der Waals surface area contributed by atoms with Crippen molar-refractivity contribution >= 4 is 17.7 Å². The quantitative estimate of drug-likeness (QED) is 0.688. The predicted molar refractivity (Wildman–Crippen MR) is 94.4 cm³/mol. The number of rotatable bonds is 5. The van der Waals surface area contributed by atoms with Crippen LogP contribution in [0.3, 0.4) is 0 Å². The number of aryl methyl sites for hydroxylation is 1. The monoisotopic (exact) mass is 354 g/mol. The molecule has 1 aromatic carbocycles. The predicted octanol–water partition coefficient (Wildman–Crippen LogP) is 2.98. The number of nitrogens with zero attached hydrogens (tertiary/aromatic N) is 2. The molecule has 3 aromatic rings. The maximum absolute atomic E-state index is 12.4. The van der Waals surface area contributed by atoms with Crippen LogP contribution in [-0.2, 0) is 18.6 Å². The maximum Gasteiger partial charge on any atom is 0.287 e. The summed E-state index contributed by atoms with van der Waals surface area (Å²) in [7, 11) is 0. The van der Waals surface area contributed by atoms with Crippen LogP contribution in [0.15, 0.2) is 52.3 Å². The van der Waals surface area contributed by atoms with E-state index in [0.29, 0.717) is 11.5 Å². The number of carbonyl (C=O) groups is 1. The van der Waals surface area contributed by atoms with Crippen molar-refractivity contribution in [1.29, 1.82) is 0 Å². The maximum atomic E-state index is 12.4. The van der Waals surface area contributed by atoms with Gasteiger partial charge in [0.1, 0.15) is 12.1 Å². The van der Waals surface area contributed by atoms with E-state index in [1.54, 1.807) is 6.07 Å². The molecular formula is C18H18N4O2S. The van der Waals surface area contributed by atoms with Crippen molar-refractivity contribution in [1.82, 2.24) is 20.5 Å². The fraction of sp³-hybridized carbons (Fsp3) is 0.278. The molecule has 128 valence electrons. The summed E-state index contributed by atoms with van der Waals surface area (Å²) >= 11 is 1.48. The van der Waals surface area contributed by atoms with Gasteiger partial charge in [-0.3, -0.25) is 9.89 Å². The SMILES string of the molecule is O=C(NC1CCc2ccccc2C1)c1ccc(CSc2ncn[nH]2)o1. The number of hydrogen-bond donors (Lipinski definition) is 2. The molecule has 0 bridgehead atoms. The van der Waals surface area contributed by atoms with Crippen molar-refractivity contribution in [3.05, 3.63) is 65.4 Å². The average molecular weight is 354 g/mol. The Kier molecular flexibility index (Phi) is 4.56. The molecule has 4 rings (SSSR count). The first-order valence-electron chi connectivity index (χ1n) is 8.22. The van der Waals surface area contributed by atoms with Crippen molar-refractivity contribution in [2.24, 2.45) is 0 Å². The van der Waals surface area contributed by atoms with E-state index in [1.165, 1.54) is 29.2 Å². The standard InChI is InChI=1S/C18H18N4O2S/c23-17(21-14-6-5-12-3-1-2-4-13(12)9-14)16-8-7-15(24-16)10-25-18-19-11-20-22-18/h1-4,7-8,11,14H,5-6,9-10H2,(H,21,23)(H,19,20,22). The van der Waals surface area contributed by atoms with E-state index >= 15 is 0 Å². The van der Waals surface area contributed by atoms with E-state index in [9.17, 15) is 4.79 Å². The molecule has 1 aliphatic rings. The topological polar surface area (TPSA) is 83.8 Å². The Hall–Kier alpha value is -2.54. The summed E-state index contributed by atoms with van der Waals surface area (Å²) in [5, 5.41) is 10.4. The van der Waals surface area contributed by atoms with Gasteiger partial charge < -0.3 is 9.73 Å². The van der Waals surface area contributed by atoms with Crippen LogP contribution in [0.25, 0.3) is 0 Å². The molecule has 2 N–H and O–H groups in total. The van der Waals surface area contributed by atoms with E-state index in [2.05, 4.69) is 38.7 Å². The Bertz CT molecular complexity index is 860. The van der Waals surface area contributed by atoms with Crippen molar-refractivity contribution < 1.29 is 9.21 Å². The molecule has 0 spiro atoms. The van der Waals surface area contributed by atoms with E-state index in [1.807, 2.05) is 12.1 Å². The van der Waals surface area contributed by atoms with E-state index in [-0.39, 0.29) is 11.9 Å². The largest absolute Gasteiger partial charge is 0.455 e. The van der Waals surface area contributed by atoms with Gasteiger partial charge in [0.05, 0.1) is 5.75 Å². The normalized spacial score (nSPS) is 16.4. The number of H-pyrrole nitrogens is 1. The fourth-order valence-corrected chi connectivity index (χ4v) is 3.73. The molecule has 1 unspecified atom stereocenters. The number of hydrogen-bond acceptors (Lipinski definition) is 5. The number of amides is 1. The number of nitrogens with one attached hydrogen (secondary N) is 2. The van der Waals surface area contributed by atoms with Crippen LogP contribution >= 0.6 is 11.8 Å². The molecule has 7 heteroatoms. The van der Waals surface area contributed by atoms with Crippen LogP contribution in [0.1, 0.15) is 33.9 Å². The molecule has 0 radical (unpaired) electrons. The number of thioether (sulfide) groups is 1. The summed E-state index contributed by atoms with van der Waals surface area (Å²) in [5.41, 5.74) is 2.71. The van der Waals surface area contributed by atoms with Crippen molar-refractivity contribution in [2.75, 3.05) is 0 Å². The van der Waals surface area contributed by atoms with Gasteiger partial charge in [-0.2, -0.15) is 5.10 Å². The molecule has 0 fully saturated rings. The molecule has 1 amide bonds. The van der Waals surface area contributed by atoms with Crippen LogP contribution in [0.2, 0.25) is 0 Å². The minimum atomic E-state index is -0.153. The lowest BCUT2D eigenvalue weighted by Crippen LogP contribution is -2.38. The Morgan fingerprint density at radius 3 is 3.00 bits per heavy atom. The summed E-state index contributed by atoms with van der Waals surface area (Å²) in [4.78, 5) is 16.5. The van der Waals surface area contributed by atoms with Gasteiger partial charge in [0.15, 0.2) is 10.9 Å². The Labute approximate surface area is 149 Å². The van der Waals surface area contributed by atoms with Crippen LogP contribution in [0.4, 0.5) is 0 Å². The molecule has 0 saturated carbocycles. The van der Waals surface area contributed by atoms with E-state index in [0.717, 1.165) is 30.2 Å². The number of aromatic nitrogens is 3. The second-order valence-electron chi connectivity index (χ2n) is 6.03. The molecule has 2 heterocycles. The van der Waals surface area contributed by atoms with Gasteiger partial charge >= 0.3 is 0 Å². The second kappa shape index (κ2) is 7.14. The average Bonchev–Trinajstić information content (AvgIpc) is 3.31. The Balaban J connectivity index is 1.34. The Morgan fingerprint density at radius 1 is 1.28 bits per heavy atom. The highest BCUT2D eigenvalue weighted by molar-refractivity contribution is 7.98.